The summed E-state index contributed by atoms with van der Waals surface area (Å²) in [6, 6.07) is 18.0. The molecule has 26 heavy (non-hydrogen) atoms. The number of anilines is 1. The average Bonchev–Trinajstić information content (AvgIpc) is 3.22. The van der Waals surface area contributed by atoms with Gasteiger partial charge in [0.2, 0.25) is 0 Å². The van der Waals surface area contributed by atoms with Crippen LogP contribution < -0.4 is 15.0 Å². The quantitative estimate of drug-likeness (QED) is 0.786. The molecule has 6 nitrogen and oxygen atoms in total. The molecule has 0 spiro atoms. The Kier molecular flexibility index (Phi) is 4.31. The predicted molar refractivity (Wildman–Crippen MR) is 99.5 cm³/mol. The Labute approximate surface area is 152 Å². The number of carbonyl (C=O) groups excluding carboxylic acids is 1. The number of fused-ring (bicyclic) bond motifs is 1. The van der Waals surface area contributed by atoms with Crippen LogP contribution in [-0.2, 0) is 11.3 Å². The molecule has 1 aliphatic rings. The minimum Gasteiger partial charge on any atom is -0.477 e. The zero-order chi connectivity index (χ0) is 17.9. The van der Waals surface area contributed by atoms with Gasteiger partial charge in [-0.1, -0.05) is 24.3 Å². The van der Waals surface area contributed by atoms with Crippen molar-refractivity contribution in [1.29, 1.82) is 0 Å². The van der Waals surface area contributed by atoms with E-state index in [4.69, 9.17) is 4.74 Å². The summed E-state index contributed by atoms with van der Waals surface area (Å²) in [7, 11) is 1.63. The monoisotopic (exact) mass is 348 g/mol. The molecule has 3 aromatic rings. The molecule has 0 fully saturated rings. The van der Waals surface area contributed by atoms with Gasteiger partial charge in [-0.3, -0.25) is 4.79 Å². The first-order valence-corrected chi connectivity index (χ1v) is 8.56. The van der Waals surface area contributed by atoms with Crippen LogP contribution >= 0.6 is 0 Å². The lowest BCUT2D eigenvalue weighted by molar-refractivity contribution is -0.127. The van der Waals surface area contributed by atoms with Gasteiger partial charge in [-0.25, -0.2) is 4.68 Å². The van der Waals surface area contributed by atoms with Gasteiger partial charge in [0.05, 0.1) is 17.9 Å². The van der Waals surface area contributed by atoms with Crippen molar-refractivity contribution in [2.45, 2.75) is 12.6 Å². The van der Waals surface area contributed by atoms with Crippen LogP contribution in [0.5, 0.6) is 5.75 Å². The van der Waals surface area contributed by atoms with Crippen LogP contribution in [0.2, 0.25) is 0 Å². The zero-order valence-corrected chi connectivity index (χ0v) is 14.5. The van der Waals surface area contributed by atoms with Gasteiger partial charge in [-0.2, -0.15) is 5.10 Å². The minimum absolute atomic E-state index is 0.112. The number of benzene rings is 2. The summed E-state index contributed by atoms with van der Waals surface area (Å²) >= 11 is 0. The van der Waals surface area contributed by atoms with Crippen molar-refractivity contribution in [2.75, 3.05) is 18.5 Å². The SMILES string of the molecule is CNC(=O)C1CN(Cc2ccc(-n3cccn3)cc2)c2ccccc2O1. The Balaban J connectivity index is 1.57. The number of hydrogen-bond acceptors (Lipinski definition) is 4. The van der Waals surface area contributed by atoms with E-state index in [2.05, 4.69) is 27.4 Å². The van der Waals surface area contributed by atoms with Gasteiger partial charge in [0.15, 0.2) is 6.10 Å². The van der Waals surface area contributed by atoms with Crippen molar-refractivity contribution in [3.8, 4) is 11.4 Å². The lowest BCUT2D eigenvalue weighted by atomic mass is 10.1. The lowest BCUT2D eigenvalue weighted by Gasteiger charge is -2.35. The maximum Gasteiger partial charge on any atom is 0.262 e. The van der Waals surface area contributed by atoms with Crippen LogP contribution in [0.15, 0.2) is 67.0 Å². The molecule has 1 N–H and O–H groups in total. The van der Waals surface area contributed by atoms with E-state index >= 15 is 0 Å². The van der Waals surface area contributed by atoms with E-state index in [1.54, 1.807) is 13.2 Å². The van der Waals surface area contributed by atoms with E-state index in [1.807, 2.05) is 53.3 Å². The van der Waals surface area contributed by atoms with Gasteiger partial charge in [0.1, 0.15) is 5.75 Å². The third kappa shape index (κ3) is 3.13. The van der Waals surface area contributed by atoms with Gasteiger partial charge in [-0.05, 0) is 35.9 Å². The molecule has 1 atom stereocenters. The fraction of sp³-hybridized carbons (Fsp3) is 0.200. The largest absolute Gasteiger partial charge is 0.477 e. The molecule has 0 radical (unpaired) electrons. The highest BCUT2D eigenvalue weighted by Crippen LogP contribution is 2.34. The van der Waals surface area contributed by atoms with Gasteiger partial charge in [-0.15, -0.1) is 0 Å². The summed E-state index contributed by atoms with van der Waals surface area (Å²) in [6.45, 7) is 1.21. The number of amides is 1. The number of rotatable bonds is 4. The maximum atomic E-state index is 12.1. The number of para-hydroxylation sites is 2. The molecule has 132 valence electrons. The first-order valence-electron chi connectivity index (χ1n) is 8.56. The van der Waals surface area contributed by atoms with Crippen LogP contribution in [0.3, 0.4) is 0 Å². The third-order valence-electron chi connectivity index (χ3n) is 4.48. The van der Waals surface area contributed by atoms with Crippen molar-refractivity contribution in [3.05, 3.63) is 72.6 Å². The number of ether oxygens (including phenoxy) is 1. The second-order valence-corrected chi connectivity index (χ2v) is 6.19. The predicted octanol–water partition coefficient (Wildman–Crippen LogP) is 2.39. The molecule has 2 aromatic carbocycles. The molecule has 0 saturated carbocycles. The van der Waals surface area contributed by atoms with Gasteiger partial charge in [0, 0.05) is 26.0 Å². The maximum absolute atomic E-state index is 12.1. The van der Waals surface area contributed by atoms with Crippen molar-refractivity contribution in [3.63, 3.8) is 0 Å². The van der Waals surface area contributed by atoms with Crippen molar-refractivity contribution in [1.82, 2.24) is 15.1 Å². The first-order chi connectivity index (χ1) is 12.7. The smallest absolute Gasteiger partial charge is 0.262 e. The molecule has 1 unspecified atom stereocenters. The van der Waals surface area contributed by atoms with E-state index in [-0.39, 0.29) is 5.91 Å². The van der Waals surface area contributed by atoms with Crippen LogP contribution in [0.25, 0.3) is 5.69 Å². The highest BCUT2D eigenvalue weighted by molar-refractivity contribution is 5.83. The molecule has 0 aliphatic carbocycles. The topological polar surface area (TPSA) is 59.4 Å². The summed E-state index contributed by atoms with van der Waals surface area (Å²) in [5, 5.41) is 6.92. The summed E-state index contributed by atoms with van der Waals surface area (Å²) in [6.07, 6.45) is 3.16. The Morgan fingerprint density at radius 3 is 2.73 bits per heavy atom. The number of nitrogens with one attached hydrogen (secondary N) is 1. The average molecular weight is 348 g/mol. The number of carbonyl (C=O) groups is 1. The standard InChI is InChI=1S/C20H20N4O2/c1-21-20(25)19-14-23(17-5-2-3-6-18(17)26-19)13-15-7-9-16(10-8-15)24-12-4-11-22-24/h2-12,19H,13-14H2,1H3,(H,21,25). The Morgan fingerprint density at radius 1 is 1.19 bits per heavy atom. The molecule has 6 heteroatoms. The van der Waals surface area contributed by atoms with Crippen LogP contribution in [-0.4, -0.2) is 35.4 Å². The number of nitrogens with zero attached hydrogens (tertiary/aromatic N) is 3. The van der Waals surface area contributed by atoms with Crippen LogP contribution in [0.4, 0.5) is 5.69 Å². The molecule has 4 rings (SSSR count). The summed E-state index contributed by atoms with van der Waals surface area (Å²) in [5.41, 5.74) is 3.18. The second-order valence-electron chi connectivity index (χ2n) is 6.19. The van der Waals surface area contributed by atoms with Crippen molar-refractivity contribution >= 4 is 11.6 Å². The fourth-order valence-electron chi connectivity index (χ4n) is 3.15. The number of aromatic nitrogens is 2. The summed E-state index contributed by atoms with van der Waals surface area (Å²) in [5.74, 6) is 0.624. The zero-order valence-electron chi connectivity index (χ0n) is 14.5. The summed E-state index contributed by atoms with van der Waals surface area (Å²) < 4.78 is 7.68. The fourth-order valence-corrected chi connectivity index (χ4v) is 3.15. The Morgan fingerprint density at radius 2 is 2.00 bits per heavy atom. The molecule has 0 saturated heterocycles. The van der Waals surface area contributed by atoms with E-state index in [9.17, 15) is 4.79 Å². The number of hydrogen-bond donors (Lipinski definition) is 1. The minimum atomic E-state index is -0.516. The molecule has 0 bridgehead atoms. The van der Waals surface area contributed by atoms with E-state index < -0.39 is 6.10 Å². The van der Waals surface area contributed by atoms with Gasteiger partial charge < -0.3 is 15.0 Å². The molecule has 1 aliphatic heterocycles. The van der Waals surface area contributed by atoms with Gasteiger partial charge in [0.25, 0.3) is 5.91 Å². The van der Waals surface area contributed by atoms with Gasteiger partial charge >= 0.3 is 0 Å². The highest BCUT2D eigenvalue weighted by Gasteiger charge is 2.29. The van der Waals surface area contributed by atoms with Crippen LogP contribution in [0, 0.1) is 0 Å². The molecular weight excluding hydrogens is 328 g/mol. The first kappa shape index (κ1) is 16.2. The van der Waals surface area contributed by atoms with Crippen molar-refractivity contribution < 1.29 is 9.53 Å². The Hall–Kier alpha value is -3.28. The highest BCUT2D eigenvalue weighted by atomic mass is 16.5. The third-order valence-corrected chi connectivity index (χ3v) is 4.48. The second kappa shape index (κ2) is 6.92. The normalized spacial score (nSPS) is 15.9. The van der Waals surface area contributed by atoms with Crippen LogP contribution in [0.1, 0.15) is 5.56 Å². The van der Waals surface area contributed by atoms with E-state index in [1.165, 1.54) is 0 Å². The molecule has 1 aromatic heterocycles. The molecule has 1 amide bonds. The Bertz CT molecular complexity index is 890. The van der Waals surface area contributed by atoms with Crippen molar-refractivity contribution in [2.24, 2.45) is 0 Å². The molecule has 2 heterocycles. The lowest BCUT2D eigenvalue weighted by Crippen LogP contribution is -2.47. The number of likely N-dealkylation sites (N-methyl/N-ethyl adjacent to an activating group) is 1. The molecular formula is C20H20N4O2. The van der Waals surface area contributed by atoms with E-state index in [0.717, 1.165) is 22.7 Å². The van der Waals surface area contributed by atoms with E-state index in [0.29, 0.717) is 13.1 Å². The summed E-state index contributed by atoms with van der Waals surface area (Å²) in [4.78, 5) is 14.3.